The molecule has 0 bridgehead atoms. The number of nitrogens with one attached hydrogen (secondary N) is 2. The number of anilines is 2. The van der Waals surface area contributed by atoms with Crippen LogP contribution >= 0.6 is 0 Å². The summed E-state index contributed by atoms with van der Waals surface area (Å²) in [5.41, 5.74) is 4.24. The van der Waals surface area contributed by atoms with Crippen molar-refractivity contribution in [1.29, 1.82) is 0 Å². The van der Waals surface area contributed by atoms with Crippen LogP contribution in [-0.4, -0.2) is 19.0 Å². The van der Waals surface area contributed by atoms with Gasteiger partial charge in [0, 0.05) is 25.2 Å². The fraction of sp³-hybridized carbons (Fsp3) is 0.346. The Labute approximate surface area is 187 Å². The zero-order valence-corrected chi connectivity index (χ0v) is 18.0. The van der Waals surface area contributed by atoms with E-state index >= 15 is 0 Å². The van der Waals surface area contributed by atoms with Crippen LogP contribution in [0.2, 0.25) is 0 Å². The number of hydrogen-bond acceptors (Lipinski definition) is 5. The van der Waals surface area contributed by atoms with Crippen LogP contribution in [0.15, 0.2) is 58.1 Å². The Morgan fingerprint density at radius 1 is 0.938 bits per heavy atom. The lowest BCUT2D eigenvalue weighted by Crippen LogP contribution is -2.41. The van der Waals surface area contributed by atoms with Gasteiger partial charge in [0.05, 0.1) is 6.04 Å². The third kappa shape index (κ3) is 3.81. The molecule has 0 unspecified atom stereocenters. The molecule has 0 radical (unpaired) electrons. The standard InChI is InChI=1S/C26H27N3O3/c30-24-22(23(25(24)31)29-14-3-4-15-29)27-16-17-10-12-19(13-11-17)26(32)28-21-9-5-7-18-6-1-2-8-20(18)21/h1-2,6,8,10-13,21,27H,3-5,7,9,14-16H2,(H,28,32)/t21-/m1/s1. The quantitative estimate of drug-likeness (QED) is 0.588. The predicted molar refractivity (Wildman–Crippen MR) is 126 cm³/mol. The van der Waals surface area contributed by atoms with E-state index in [0.29, 0.717) is 23.5 Å². The van der Waals surface area contributed by atoms with Gasteiger partial charge in [-0.25, -0.2) is 0 Å². The van der Waals surface area contributed by atoms with Gasteiger partial charge in [0.2, 0.25) is 0 Å². The van der Waals surface area contributed by atoms with E-state index in [0.717, 1.165) is 50.8 Å². The molecule has 32 heavy (non-hydrogen) atoms. The molecule has 2 aliphatic rings. The summed E-state index contributed by atoms with van der Waals surface area (Å²) in [5, 5.41) is 6.31. The maximum Gasteiger partial charge on any atom is 0.253 e. The molecule has 1 aliphatic heterocycles. The van der Waals surface area contributed by atoms with Crippen molar-refractivity contribution in [3.8, 4) is 0 Å². The molecule has 3 aromatic rings. The highest BCUT2D eigenvalue weighted by molar-refractivity contribution is 5.94. The zero-order chi connectivity index (χ0) is 22.1. The monoisotopic (exact) mass is 429 g/mol. The van der Waals surface area contributed by atoms with Gasteiger partial charge in [-0.05, 0) is 60.9 Å². The van der Waals surface area contributed by atoms with Crippen molar-refractivity contribution in [2.24, 2.45) is 0 Å². The summed E-state index contributed by atoms with van der Waals surface area (Å²) in [4.78, 5) is 38.8. The summed E-state index contributed by atoms with van der Waals surface area (Å²) in [5.74, 6) is -0.0787. The van der Waals surface area contributed by atoms with Gasteiger partial charge in [-0.1, -0.05) is 36.4 Å². The smallest absolute Gasteiger partial charge is 0.253 e. The van der Waals surface area contributed by atoms with Crippen molar-refractivity contribution < 1.29 is 4.79 Å². The number of carbonyl (C=O) groups excluding carboxylic acids is 1. The molecule has 0 saturated carbocycles. The van der Waals surface area contributed by atoms with E-state index in [2.05, 4.69) is 22.8 Å². The summed E-state index contributed by atoms with van der Waals surface area (Å²) < 4.78 is 0. The molecular formula is C26H27N3O3. The normalized spacial score (nSPS) is 17.9. The Kier molecular flexibility index (Phi) is 5.52. The molecule has 6 nitrogen and oxygen atoms in total. The molecule has 3 aromatic carbocycles. The Balaban J connectivity index is 1.22. The third-order valence-electron chi connectivity index (χ3n) is 6.67. The molecule has 1 amide bonds. The molecule has 5 rings (SSSR count). The summed E-state index contributed by atoms with van der Waals surface area (Å²) >= 11 is 0. The molecule has 6 heteroatoms. The van der Waals surface area contributed by atoms with Crippen molar-refractivity contribution in [2.45, 2.75) is 44.7 Å². The van der Waals surface area contributed by atoms with Crippen LogP contribution in [0.4, 0.5) is 11.4 Å². The van der Waals surface area contributed by atoms with E-state index < -0.39 is 5.43 Å². The topological polar surface area (TPSA) is 78.5 Å². The predicted octanol–water partition coefficient (Wildman–Crippen LogP) is 3.30. The molecule has 164 valence electrons. The average molecular weight is 430 g/mol. The van der Waals surface area contributed by atoms with Crippen molar-refractivity contribution in [2.75, 3.05) is 23.3 Å². The Morgan fingerprint density at radius 3 is 2.47 bits per heavy atom. The van der Waals surface area contributed by atoms with Crippen LogP contribution in [-0.2, 0) is 13.0 Å². The number of rotatable bonds is 6. The van der Waals surface area contributed by atoms with Crippen molar-refractivity contribution in [1.82, 2.24) is 5.32 Å². The fourth-order valence-electron chi connectivity index (χ4n) is 4.90. The molecular weight excluding hydrogens is 402 g/mol. The summed E-state index contributed by atoms with van der Waals surface area (Å²) in [6.07, 6.45) is 5.19. The summed E-state index contributed by atoms with van der Waals surface area (Å²) in [6, 6.07) is 15.8. The van der Waals surface area contributed by atoms with Gasteiger partial charge in [0.15, 0.2) is 0 Å². The molecule has 2 N–H and O–H groups in total. The van der Waals surface area contributed by atoms with Gasteiger partial charge < -0.3 is 15.5 Å². The molecule has 0 aromatic heterocycles. The highest BCUT2D eigenvalue weighted by Crippen LogP contribution is 2.30. The lowest BCUT2D eigenvalue weighted by Gasteiger charge is -2.26. The lowest BCUT2D eigenvalue weighted by atomic mass is 9.87. The van der Waals surface area contributed by atoms with Gasteiger partial charge in [-0.15, -0.1) is 0 Å². The summed E-state index contributed by atoms with van der Waals surface area (Å²) in [6.45, 7) is 2.09. The molecule has 1 atom stereocenters. The van der Waals surface area contributed by atoms with E-state index in [4.69, 9.17) is 0 Å². The molecule has 0 spiro atoms. The molecule has 1 heterocycles. The number of carbonyl (C=O) groups is 1. The Hall–Kier alpha value is -3.41. The minimum absolute atomic E-state index is 0.0481. The highest BCUT2D eigenvalue weighted by Gasteiger charge is 2.27. The molecule has 1 fully saturated rings. The molecule has 1 saturated heterocycles. The van der Waals surface area contributed by atoms with Crippen LogP contribution in [0.5, 0.6) is 0 Å². The highest BCUT2D eigenvalue weighted by atomic mass is 16.2. The SMILES string of the molecule is O=C(N[C@@H]1CCCc2ccccc21)c1ccc(CNc2c(N3CCCC3)c(=O)c2=O)cc1. The maximum atomic E-state index is 12.8. The first-order valence-corrected chi connectivity index (χ1v) is 11.4. The van der Waals surface area contributed by atoms with Crippen LogP contribution in [0, 0.1) is 0 Å². The number of aryl methyl sites for hydroxylation is 1. The van der Waals surface area contributed by atoms with Crippen molar-refractivity contribution in [3.05, 3.63) is 91.2 Å². The first-order valence-electron chi connectivity index (χ1n) is 11.4. The van der Waals surface area contributed by atoms with Gasteiger partial charge in [0.1, 0.15) is 11.4 Å². The molecule has 1 aliphatic carbocycles. The van der Waals surface area contributed by atoms with E-state index in [-0.39, 0.29) is 17.4 Å². The second-order valence-electron chi connectivity index (χ2n) is 8.74. The lowest BCUT2D eigenvalue weighted by molar-refractivity contribution is 0.0932. The fourth-order valence-corrected chi connectivity index (χ4v) is 4.90. The maximum absolute atomic E-state index is 12.8. The number of benzene rings is 2. The third-order valence-corrected chi connectivity index (χ3v) is 6.67. The van der Waals surface area contributed by atoms with E-state index in [9.17, 15) is 14.4 Å². The zero-order valence-electron chi connectivity index (χ0n) is 18.0. The average Bonchev–Trinajstić information content (AvgIpc) is 3.35. The van der Waals surface area contributed by atoms with Crippen molar-refractivity contribution in [3.63, 3.8) is 0 Å². The van der Waals surface area contributed by atoms with E-state index in [1.165, 1.54) is 11.1 Å². The minimum Gasteiger partial charge on any atom is -0.376 e. The largest absolute Gasteiger partial charge is 0.376 e. The second-order valence-corrected chi connectivity index (χ2v) is 8.74. The minimum atomic E-state index is -0.435. The van der Waals surface area contributed by atoms with E-state index in [1.54, 1.807) is 0 Å². The van der Waals surface area contributed by atoms with Crippen LogP contribution in [0.1, 0.15) is 58.8 Å². The number of hydrogen-bond donors (Lipinski definition) is 2. The van der Waals surface area contributed by atoms with E-state index in [1.807, 2.05) is 41.3 Å². The number of amides is 1. The van der Waals surface area contributed by atoms with Crippen molar-refractivity contribution >= 4 is 17.3 Å². The first-order chi connectivity index (χ1) is 15.6. The second kappa shape index (κ2) is 8.61. The first kappa shape index (κ1) is 20.5. The van der Waals surface area contributed by atoms with Crippen LogP contribution in [0.25, 0.3) is 0 Å². The van der Waals surface area contributed by atoms with Gasteiger partial charge in [-0.2, -0.15) is 0 Å². The van der Waals surface area contributed by atoms with Gasteiger partial charge in [0.25, 0.3) is 16.8 Å². The number of nitrogens with zero attached hydrogens (tertiary/aromatic N) is 1. The van der Waals surface area contributed by atoms with Crippen LogP contribution < -0.4 is 26.4 Å². The Morgan fingerprint density at radius 2 is 1.69 bits per heavy atom. The van der Waals surface area contributed by atoms with Crippen LogP contribution in [0.3, 0.4) is 0 Å². The van der Waals surface area contributed by atoms with Gasteiger partial charge >= 0.3 is 0 Å². The van der Waals surface area contributed by atoms with Gasteiger partial charge in [-0.3, -0.25) is 14.4 Å². The number of fused-ring (bicyclic) bond motifs is 1. The Bertz CT molecular complexity index is 1200. The summed E-state index contributed by atoms with van der Waals surface area (Å²) in [7, 11) is 0.